The van der Waals surface area contributed by atoms with E-state index in [1.165, 1.54) is 17.3 Å². The molecule has 15 heavy (non-hydrogen) atoms. The van der Waals surface area contributed by atoms with Gasteiger partial charge >= 0.3 is 0 Å². The predicted octanol–water partition coefficient (Wildman–Crippen LogP) is 1.99. The minimum Gasteiger partial charge on any atom is -0.356 e. The van der Waals surface area contributed by atoms with E-state index in [4.69, 9.17) is 0 Å². The number of rotatable bonds is 1. The number of para-hydroxylation sites is 1. The Morgan fingerprint density at radius 3 is 3.07 bits per heavy atom. The predicted molar refractivity (Wildman–Crippen MR) is 58.5 cm³/mol. The van der Waals surface area contributed by atoms with Crippen LogP contribution in [-0.4, -0.2) is 18.1 Å². The molecular formula is C12H13FN2. The van der Waals surface area contributed by atoms with E-state index in [1.807, 2.05) is 13.1 Å². The van der Waals surface area contributed by atoms with Gasteiger partial charge in [-0.1, -0.05) is 12.1 Å². The highest BCUT2D eigenvalue weighted by molar-refractivity contribution is 5.85. The van der Waals surface area contributed by atoms with Crippen molar-refractivity contribution in [3.8, 4) is 0 Å². The molecule has 1 aliphatic rings. The minimum absolute atomic E-state index is 0.150. The summed E-state index contributed by atoms with van der Waals surface area (Å²) in [7, 11) is 1.97. The SMILES string of the molecule is CNC1Cc2[nH]c3c(F)cccc3c2C1. The third kappa shape index (κ3) is 1.20. The van der Waals surface area contributed by atoms with Crippen LogP contribution < -0.4 is 5.32 Å². The molecule has 2 nitrogen and oxygen atoms in total. The molecule has 2 aromatic rings. The van der Waals surface area contributed by atoms with Gasteiger partial charge in [0.1, 0.15) is 5.82 Å². The van der Waals surface area contributed by atoms with Crippen molar-refractivity contribution in [2.24, 2.45) is 0 Å². The second-order valence-corrected chi connectivity index (χ2v) is 4.14. The number of halogens is 1. The number of aromatic nitrogens is 1. The van der Waals surface area contributed by atoms with E-state index in [-0.39, 0.29) is 5.82 Å². The highest BCUT2D eigenvalue weighted by Gasteiger charge is 2.24. The number of nitrogens with one attached hydrogen (secondary N) is 2. The van der Waals surface area contributed by atoms with Gasteiger partial charge in [0, 0.05) is 23.5 Å². The fourth-order valence-corrected chi connectivity index (χ4v) is 2.47. The number of fused-ring (bicyclic) bond motifs is 3. The van der Waals surface area contributed by atoms with Gasteiger partial charge in [-0.25, -0.2) is 4.39 Å². The molecule has 0 radical (unpaired) electrons. The Kier molecular flexibility index (Phi) is 1.83. The highest BCUT2D eigenvalue weighted by Crippen LogP contribution is 2.30. The summed E-state index contributed by atoms with van der Waals surface area (Å²) in [5.74, 6) is -0.150. The quantitative estimate of drug-likeness (QED) is 0.730. The Balaban J connectivity index is 2.19. The summed E-state index contributed by atoms with van der Waals surface area (Å²) >= 11 is 0. The fraction of sp³-hybridized carbons (Fsp3) is 0.333. The Labute approximate surface area is 87.5 Å². The van der Waals surface area contributed by atoms with Gasteiger partial charge in [-0.2, -0.15) is 0 Å². The first kappa shape index (κ1) is 8.92. The zero-order valence-electron chi connectivity index (χ0n) is 8.60. The van der Waals surface area contributed by atoms with Gasteiger partial charge in [0.05, 0.1) is 5.52 Å². The summed E-state index contributed by atoms with van der Waals surface area (Å²) in [6.45, 7) is 0. The normalized spacial score (nSPS) is 19.7. The molecule has 0 fully saturated rings. The lowest BCUT2D eigenvalue weighted by Gasteiger charge is -2.06. The minimum atomic E-state index is -0.150. The molecule has 1 heterocycles. The second kappa shape index (κ2) is 3.07. The molecule has 0 amide bonds. The molecule has 0 saturated heterocycles. The first-order valence-electron chi connectivity index (χ1n) is 5.25. The molecule has 3 rings (SSSR count). The number of aromatic amines is 1. The Morgan fingerprint density at radius 2 is 2.27 bits per heavy atom. The maximum absolute atomic E-state index is 13.5. The van der Waals surface area contributed by atoms with Gasteiger partial charge in [0.25, 0.3) is 0 Å². The molecule has 3 heteroatoms. The van der Waals surface area contributed by atoms with Gasteiger partial charge in [-0.05, 0) is 25.1 Å². The van der Waals surface area contributed by atoms with E-state index < -0.39 is 0 Å². The maximum Gasteiger partial charge on any atom is 0.147 e. The van der Waals surface area contributed by atoms with Gasteiger partial charge in [0.2, 0.25) is 0 Å². The van der Waals surface area contributed by atoms with Crippen molar-refractivity contribution < 1.29 is 4.39 Å². The lowest BCUT2D eigenvalue weighted by molar-refractivity contribution is 0.589. The largest absolute Gasteiger partial charge is 0.356 e. The Morgan fingerprint density at radius 1 is 1.40 bits per heavy atom. The van der Waals surface area contributed by atoms with Crippen molar-refractivity contribution in [3.63, 3.8) is 0 Å². The van der Waals surface area contributed by atoms with Crippen LogP contribution in [0.2, 0.25) is 0 Å². The van der Waals surface area contributed by atoms with Crippen molar-refractivity contribution in [1.82, 2.24) is 10.3 Å². The third-order valence-electron chi connectivity index (χ3n) is 3.29. The summed E-state index contributed by atoms with van der Waals surface area (Å²) in [6.07, 6.45) is 1.97. The first-order chi connectivity index (χ1) is 7.29. The number of hydrogen-bond acceptors (Lipinski definition) is 1. The third-order valence-corrected chi connectivity index (χ3v) is 3.29. The van der Waals surface area contributed by atoms with Gasteiger partial charge in [-0.15, -0.1) is 0 Å². The van der Waals surface area contributed by atoms with E-state index in [0.717, 1.165) is 18.2 Å². The summed E-state index contributed by atoms with van der Waals surface area (Å²) in [6, 6.07) is 5.77. The van der Waals surface area contributed by atoms with Crippen molar-refractivity contribution in [2.45, 2.75) is 18.9 Å². The molecule has 0 bridgehead atoms. The van der Waals surface area contributed by atoms with E-state index in [2.05, 4.69) is 10.3 Å². The molecule has 1 aromatic heterocycles. The number of hydrogen-bond donors (Lipinski definition) is 2. The van der Waals surface area contributed by atoms with E-state index in [9.17, 15) is 4.39 Å². The Hall–Kier alpha value is -1.35. The van der Waals surface area contributed by atoms with Gasteiger partial charge in [0.15, 0.2) is 0 Å². The zero-order valence-corrected chi connectivity index (χ0v) is 8.60. The molecule has 0 saturated carbocycles. The van der Waals surface area contributed by atoms with Crippen LogP contribution in [0.5, 0.6) is 0 Å². The average molecular weight is 204 g/mol. The smallest absolute Gasteiger partial charge is 0.147 e. The van der Waals surface area contributed by atoms with Crippen LogP contribution in [0.4, 0.5) is 4.39 Å². The van der Waals surface area contributed by atoms with Crippen LogP contribution in [0.1, 0.15) is 11.3 Å². The van der Waals surface area contributed by atoms with Crippen molar-refractivity contribution in [1.29, 1.82) is 0 Å². The monoisotopic (exact) mass is 204 g/mol. The molecule has 1 aliphatic carbocycles. The molecule has 0 spiro atoms. The maximum atomic E-state index is 13.5. The average Bonchev–Trinajstić information content (AvgIpc) is 2.76. The molecule has 0 aliphatic heterocycles. The number of benzene rings is 1. The molecule has 1 unspecified atom stereocenters. The summed E-state index contributed by atoms with van der Waals surface area (Å²) in [4.78, 5) is 3.19. The summed E-state index contributed by atoms with van der Waals surface area (Å²) in [5.41, 5.74) is 3.13. The van der Waals surface area contributed by atoms with Crippen LogP contribution >= 0.6 is 0 Å². The van der Waals surface area contributed by atoms with Crippen molar-refractivity contribution in [2.75, 3.05) is 7.05 Å². The van der Waals surface area contributed by atoms with Gasteiger partial charge in [-0.3, -0.25) is 0 Å². The van der Waals surface area contributed by atoms with Crippen LogP contribution in [0.15, 0.2) is 18.2 Å². The standard InChI is InChI=1S/C12H13FN2/c1-14-7-5-9-8-3-2-4-10(13)12(8)15-11(9)6-7/h2-4,7,14-15H,5-6H2,1H3. The fourth-order valence-electron chi connectivity index (χ4n) is 2.47. The van der Waals surface area contributed by atoms with Gasteiger partial charge < -0.3 is 10.3 Å². The second-order valence-electron chi connectivity index (χ2n) is 4.14. The van der Waals surface area contributed by atoms with E-state index in [0.29, 0.717) is 11.6 Å². The number of likely N-dealkylation sites (N-methyl/N-ethyl adjacent to an activating group) is 1. The lowest BCUT2D eigenvalue weighted by atomic mass is 10.1. The molecule has 1 atom stereocenters. The van der Waals surface area contributed by atoms with Crippen LogP contribution in [-0.2, 0) is 12.8 Å². The van der Waals surface area contributed by atoms with Crippen LogP contribution in [0.3, 0.4) is 0 Å². The number of H-pyrrole nitrogens is 1. The van der Waals surface area contributed by atoms with Crippen molar-refractivity contribution >= 4 is 10.9 Å². The molecular weight excluding hydrogens is 191 g/mol. The molecule has 2 N–H and O–H groups in total. The molecule has 1 aromatic carbocycles. The van der Waals surface area contributed by atoms with E-state index >= 15 is 0 Å². The zero-order chi connectivity index (χ0) is 10.4. The summed E-state index contributed by atoms with van der Waals surface area (Å²) < 4.78 is 13.5. The topological polar surface area (TPSA) is 27.8 Å². The first-order valence-corrected chi connectivity index (χ1v) is 5.25. The van der Waals surface area contributed by atoms with E-state index in [1.54, 1.807) is 6.07 Å². The summed E-state index contributed by atoms with van der Waals surface area (Å²) in [5, 5.41) is 4.31. The highest BCUT2D eigenvalue weighted by atomic mass is 19.1. The van der Waals surface area contributed by atoms with Crippen LogP contribution in [0.25, 0.3) is 10.9 Å². The molecule has 78 valence electrons. The van der Waals surface area contributed by atoms with Crippen LogP contribution in [0, 0.1) is 5.82 Å². The Bertz CT molecular complexity index is 516. The van der Waals surface area contributed by atoms with Crippen molar-refractivity contribution in [3.05, 3.63) is 35.3 Å². The lowest BCUT2D eigenvalue weighted by Crippen LogP contribution is -2.25.